The molecular weight excluding hydrogens is 528 g/mol. The highest BCUT2D eigenvalue weighted by molar-refractivity contribution is 5.91. The summed E-state index contributed by atoms with van der Waals surface area (Å²) in [5.41, 5.74) is -0.287. The first-order chi connectivity index (χ1) is 17.6. The summed E-state index contributed by atoms with van der Waals surface area (Å²) in [6.45, 7) is 1.28. The highest BCUT2D eigenvalue weighted by Crippen LogP contribution is 2.30. The van der Waals surface area contributed by atoms with E-state index in [2.05, 4.69) is 9.47 Å². The number of carbonyl (C=O) groups is 2. The van der Waals surface area contributed by atoms with E-state index in [1.165, 1.54) is 36.4 Å². The Balaban J connectivity index is 1.77. The lowest BCUT2D eigenvalue weighted by atomic mass is 9.98. The largest absolute Gasteiger partial charge is 0.449 e. The van der Waals surface area contributed by atoms with Crippen LogP contribution in [0.25, 0.3) is 22.3 Å². The Morgan fingerprint density at radius 1 is 0.605 bits per heavy atom. The summed E-state index contributed by atoms with van der Waals surface area (Å²) < 4.78 is 113. The monoisotopic (exact) mass is 546 g/mol. The van der Waals surface area contributed by atoms with E-state index < -0.39 is 59.3 Å². The molecule has 0 radical (unpaired) electrons. The van der Waals surface area contributed by atoms with Gasteiger partial charge in [-0.2, -0.15) is 26.3 Å². The molecule has 0 saturated heterocycles. The van der Waals surface area contributed by atoms with Crippen LogP contribution in [-0.2, 0) is 9.47 Å². The van der Waals surface area contributed by atoms with Crippen LogP contribution in [0.4, 0.5) is 35.1 Å². The van der Waals surface area contributed by atoms with Crippen molar-refractivity contribution in [1.29, 1.82) is 0 Å². The van der Waals surface area contributed by atoms with Gasteiger partial charge in [-0.05, 0) is 49.2 Å². The molecule has 2 atom stereocenters. The molecule has 0 aromatic heterocycles. The van der Waals surface area contributed by atoms with E-state index in [9.17, 15) is 44.7 Å². The van der Waals surface area contributed by atoms with Crippen molar-refractivity contribution in [1.82, 2.24) is 0 Å². The Morgan fingerprint density at radius 3 is 1.18 bits per heavy atom. The zero-order chi connectivity index (χ0) is 28.4. The van der Waals surface area contributed by atoms with Gasteiger partial charge in [0.2, 0.25) is 0 Å². The van der Waals surface area contributed by atoms with Crippen molar-refractivity contribution in [2.45, 2.75) is 38.4 Å². The van der Waals surface area contributed by atoms with Crippen molar-refractivity contribution < 1.29 is 54.2 Å². The molecule has 0 amide bonds. The molecule has 0 spiro atoms. The quantitative estimate of drug-likeness (QED) is 0.237. The number of hydrogen-bond acceptors (Lipinski definition) is 4. The van der Waals surface area contributed by atoms with Gasteiger partial charge in [0.1, 0.15) is 11.6 Å². The van der Waals surface area contributed by atoms with E-state index >= 15 is 0 Å². The van der Waals surface area contributed by atoms with Crippen molar-refractivity contribution >= 4 is 11.9 Å². The normalized spacial score (nSPS) is 13.5. The average molecular weight is 546 g/mol. The Morgan fingerprint density at radius 2 is 0.921 bits per heavy atom. The van der Waals surface area contributed by atoms with Crippen LogP contribution >= 0.6 is 0 Å². The van der Waals surface area contributed by atoms with Crippen LogP contribution in [-0.4, -0.2) is 36.5 Å². The standard InChI is InChI=1S/C26H18F8O4/c1-13(25(29,30)31)37-23(35)17-7-9-19(21(27)11-17)15-3-5-16(6-4-15)20-10-8-18(12-22(20)28)24(36)38-14(2)26(32,33)34/h3-14H,1-2H3/t13-,14-/m0/s1. The van der Waals surface area contributed by atoms with Gasteiger partial charge in [-0.15, -0.1) is 0 Å². The molecule has 3 aromatic rings. The first-order valence-electron chi connectivity index (χ1n) is 10.8. The molecular formula is C26H18F8O4. The average Bonchev–Trinajstić information content (AvgIpc) is 2.82. The lowest BCUT2D eigenvalue weighted by molar-refractivity contribution is -0.198. The molecule has 0 heterocycles. The number of hydrogen-bond donors (Lipinski definition) is 0. The predicted octanol–water partition coefficient (Wildman–Crippen LogP) is 7.51. The highest BCUT2D eigenvalue weighted by Gasteiger charge is 2.40. The summed E-state index contributed by atoms with van der Waals surface area (Å²) >= 11 is 0. The van der Waals surface area contributed by atoms with E-state index in [0.29, 0.717) is 13.8 Å². The zero-order valence-electron chi connectivity index (χ0n) is 19.6. The lowest BCUT2D eigenvalue weighted by Crippen LogP contribution is -2.30. The maximum absolute atomic E-state index is 14.6. The third kappa shape index (κ3) is 6.67. The fourth-order valence-corrected chi connectivity index (χ4v) is 3.17. The molecule has 3 rings (SSSR count). The maximum Gasteiger partial charge on any atom is 0.425 e. The number of carbonyl (C=O) groups excluding carboxylic acids is 2. The van der Waals surface area contributed by atoms with Gasteiger partial charge in [0.05, 0.1) is 11.1 Å². The first kappa shape index (κ1) is 28.6. The van der Waals surface area contributed by atoms with Crippen molar-refractivity contribution in [3.63, 3.8) is 0 Å². The Bertz CT molecular complexity index is 1230. The van der Waals surface area contributed by atoms with Gasteiger partial charge in [-0.1, -0.05) is 36.4 Å². The van der Waals surface area contributed by atoms with E-state index in [-0.39, 0.29) is 22.3 Å². The Kier molecular flexibility index (Phi) is 8.13. The van der Waals surface area contributed by atoms with Crippen molar-refractivity contribution in [2.24, 2.45) is 0 Å². The topological polar surface area (TPSA) is 52.6 Å². The second-order valence-electron chi connectivity index (χ2n) is 8.14. The predicted molar refractivity (Wildman–Crippen MR) is 119 cm³/mol. The van der Waals surface area contributed by atoms with Gasteiger partial charge in [0.25, 0.3) is 0 Å². The number of rotatable bonds is 6. The van der Waals surface area contributed by atoms with E-state index in [4.69, 9.17) is 0 Å². The number of alkyl halides is 6. The van der Waals surface area contributed by atoms with Gasteiger partial charge >= 0.3 is 24.3 Å². The molecule has 202 valence electrons. The van der Waals surface area contributed by atoms with Crippen LogP contribution < -0.4 is 0 Å². The van der Waals surface area contributed by atoms with Crippen molar-refractivity contribution in [3.8, 4) is 22.3 Å². The summed E-state index contributed by atoms with van der Waals surface area (Å²) in [4.78, 5) is 23.8. The second kappa shape index (κ2) is 10.8. The van der Waals surface area contributed by atoms with Gasteiger partial charge in [0, 0.05) is 11.1 Å². The molecule has 0 fully saturated rings. The SMILES string of the molecule is C[C@H](OC(=O)c1ccc(-c2ccc(-c3ccc(C(=O)O[C@@H](C)C(F)(F)F)cc3F)cc2)c(F)c1)C(F)(F)F. The molecule has 38 heavy (non-hydrogen) atoms. The number of ether oxygens (including phenoxy) is 2. The molecule has 0 saturated carbocycles. The molecule has 0 aliphatic carbocycles. The van der Waals surface area contributed by atoms with Gasteiger partial charge in [0.15, 0.2) is 12.2 Å². The summed E-state index contributed by atoms with van der Waals surface area (Å²) in [6.07, 6.45) is -14.3. The van der Waals surface area contributed by atoms with Gasteiger partial charge in [-0.25, -0.2) is 18.4 Å². The molecule has 12 heteroatoms. The van der Waals surface area contributed by atoms with Gasteiger partial charge in [-0.3, -0.25) is 0 Å². The van der Waals surface area contributed by atoms with Crippen molar-refractivity contribution in [2.75, 3.05) is 0 Å². The molecule has 4 nitrogen and oxygen atoms in total. The molecule has 0 N–H and O–H groups in total. The number of halogens is 8. The van der Waals surface area contributed by atoms with Crippen LogP contribution in [0.15, 0.2) is 60.7 Å². The van der Waals surface area contributed by atoms with Crippen LogP contribution in [0.3, 0.4) is 0 Å². The molecule has 0 aliphatic rings. The molecule has 0 bridgehead atoms. The summed E-state index contributed by atoms with van der Waals surface area (Å²) in [7, 11) is 0. The van der Waals surface area contributed by atoms with Crippen LogP contribution in [0.5, 0.6) is 0 Å². The fraction of sp³-hybridized carbons (Fsp3) is 0.231. The van der Waals surface area contributed by atoms with E-state index in [1.807, 2.05) is 0 Å². The Hall–Kier alpha value is -3.96. The minimum atomic E-state index is -4.77. The molecule has 3 aromatic carbocycles. The first-order valence-corrected chi connectivity index (χ1v) is 10.8. The zero-order valence-corrected chi connectivity index (χ0v) is 19.6. The minimum Gasteiger partial charge on any atom is -0.449 e. The number of esters is 2. The number of benzene rings is 3. The van der Waals surface area contributed by atoms with Crippen LogP contribution in [0.1, 0.15) is 34.6 Å². The van der Waals surface area contributed by atoms with Crippen LogP contribution in [0, 0.1) is 11.6 Å². The highest BCUT2D eigenvalue weighted by atomic mass is 19.4. The third-order valence-corrected chi connectivity index (χ3v) is 5.41. The van der Waals surface area contributed by atoms with Crippen LogP contribution in [0.2, 0.25) is 0 Å². The summed E-state index contributed by atoms with van der Waals surface area (Å²) in [6, 6.07) is 11.6. The van der Waals surface area contributed by atoms with E-state index in [0.717, 1.165) is 24.3 Å². The van der Waals surface area contributed by atoms with Gasteiger partial charge < -0.3 is 9.47 Å². The molecule has 0 aliphatic heterocycles. The smallest absolute Gasteiger partial charge is 0.425 e. The minimum absolute atomic E-state index is 0.00526. The summed E-state index contributed by atoms with van der Waals surface area (Å²) in [5.74, 6) is -4.56. The lowest BCUT2D eigenvalue weighted by Gasteiger charge is -2.16. The third-order valence-electron chi connectivity index (χ3n) is 5.41. The fourth-order valence-electron chi connectivity index (χ4n) is 3.17. The molecule has 0 unspecified atom stereocenters. The Labute approximate surface area is 210 Å². The second-order valence-corrected chi connectivity index (χ2v) is 8.14. The van der Waals surface area contributed by atoms with Crippen molar-refractivity contribution in [3.05, 3.63) is 83.4 Å². The van der Waals surface area contributed by atoms with E-state index in [1.54, 1.807) is 0 Å². The summed E-state index contributed by atoms with van der Waals surface area (Å²) in [5, 5.41) is 0. The maximum atomic E-state index is 14.6.